The highest BCUT2D eigenvalue weighted by atomic mass is 35.5. The number of ether oxygens (including phenoxy) is 1. The van der Waals surface area contributed by atoms with Gasteiger partial charge in [-0.1, -0.05) is 6.07 Å². The molecule has 2 rings (SSSR count). The summed E-state index contributed by atoms with van der Waals surface area (Å²) in [6.45, 7) is 2.50. The van der Waals surface area contributed by atoms with Gasteiger partial charge in [0.1, 0.15) is 5.75 Å². The molecule has 1 saturated heterocycles. The highest BCUT2D eigenvalue weighted by Gasteiger charge is 2.18. The molecule has 1 aromatic rings. The van der Waals surface area contributed by atoms with Crippen LogP contribution in [0.5, 0.6) is 5.75 Å². The van der Waals surface area contributed by atoms with E-state index >= 15 is 0 Å². The standard InChI is InChI=1S/C17H25N3O3.ClH/c1-18-9-5-8-16(21)19-14-6-4-7-15(12-14)23-13-17(22)20-10-2-3-11-20;/h4,6-7,12,18H,2-3,5,8-11,13H2,1H3,(H,19,21);1H. The Kier molecular flexibility index (Phi) is 9.19. The minimum absolute atomic E-state index is 0. The second kappa shape index (κ2) is 10.9. The first kappa shape index (κ1) is 20.3. The molecule has 2 N–H and O–H groups in total. The molecule has 24 heavy (non-hydrogen) atoms. The van der Waals surface area contributed by atoms with Crippen LogP contribution in [-0.4, -0.2) is 50.0 Å². The quantitative estimate of drug-likeness (QED) is 0.700. The number of nitrogens with zero attached hydrogens (tertiary/aromatic N) is 1. The van der Waals surface area contributed by atoms with Crippen LogP contribution in [0.3, 0.4) is 0 Å². The number of benzene rings is 1. The van der Waals surface area contributed by atoms with E-state index in [0.29, 0.717) is 17.9 Å². The van der Waals surface area contributed by atoms with E-state index in [1.165, 1.54) is 0 Å². The van der Waals surface area contributed by atoms with Crippen molar-refractivity contribution in [3.05, 3.63) is 24.3 Å². The van der Waals surface area contributed by atoms with E-state index in [1.807, 2.05) is 18.0 Å². The average Bonchev–Trinajstić information content (AvgIpc) is 3.08. The van der Waals surface area contributed by atoms with Gasteiger partial charge in [0.2, 0.25) is 5.91 Å². The van der Waals surface area contributed by atoms with Crippen LogP contribution >= 0.6 is 12.4 Å². The minimum Gasteiger partial charge on any atom is -0.484 e. The molecule has 1 aliphatic heterocycles. The molecular formula is C17H26ClN3O3. The summed E-state index contributed by atoms with van der Waals surface area (Å²) < 4.78 is 5.55. The number of amides is 2. The number of halogens is 1. The van der Waals surface area contributed by atoms with E-state index in [4.69, 9.17) is 4.74 Å². The number of hydrogen-bond acceptors (Lipinski definition) is 4. The zero-order chi connectivity index (χ0) is 16.5. The van der Waals surface area contributed by atoms with Crippen molar-refractivity contribution in [3.63, 3.8) is 0 Å². The maximum absolute atomic E-state index is 12.0. The van der Waals surface area contributed by atoms with Gasteiger partial charge in [0.15, 0.2) is 6.61 Å². The number of nitrogens with one attached hydrogen (secondary N) is 2. The van der Waals surface area contributed by atoms with Crippen LogP contribution in [0, 0.1) is 0 Å². The number of anilines is 1. The van der Waals surface area contributed by atoms with Gasteiger partial charge in [0.25, 0.3) is 5.91 Å². The number of carbonyl (C=O) groups excluding carboxylic acids is 2. The predicted octanol–water partition coefficient (Wildman–Crippen LogP) is 2.05. The summed E-state index contributed by atoms with van der Waals surface area (Å²) in [5, 5.41) is 5.85. The third-order valence-corrected chi connectivity index (χ3v) is 3.77. The number of hydrogen-bond donors (Lipinski definition) is 2. The monoisotopic (exact) mass is 355 g/mol. The van der Waals surface area contributed by atoms with Crippen LogP contribution in [0.25, 0.3) is 0 Å². The second-order valence-electron chi connectivity index (χ2n) is 5.66. The summed E-state index contributed by atoms with van der Waals surface area (Å²) in [6.07, 6.45) is 3.41. The molecule has 0 radical (unpaired) electrons. The second-order valence-corrected chi connectivity index (χ2v) is 5.66. The number of rotatable bonds is 8. The molecule has 1 aromatic carbocycles. The van der Waals surface area contributed by atoms with Crippen LogP contribution in [0.2, 0.25) is 0 Å². The Morgan fingerprint density at radius 2 is 2.00 bits per heavy atom. The van der Waals surface area contributed by atoms with Gasteiger partial charge >= 0.3 is 0 Å². The molecule has 1 heterocycles. The van der Waals surface area contributed by atoms with Crippen molar-refractivity contribution < 1.29 is 14.3 Å². The molecular weight excluding hydrogens is 330 g/mol. The van der Waals surface area contributed by atoms with E-state index in [0.717, 1.165) is 38.9 Å². The maximum Gasteiger partial charge on any atom is 0.260 e. The summed E-state index contributed by atoms with van der Waals surface area (Å²) in [5.41, 5.74) is 0.686. The average molecular weight is 356 g/mol. The van der Waals surface area contributed by atoms with Gasteiger partial charge < -0.3 is 20.3 Å². The topological polar surface area (TPSA) is 70.7 Å². The number of likely N-dealkylation sites (tertiary alicyclic amines) is 1. The molecule has 0 aliphatic carbocycles. The van der Waals surface area contributed by atoms with Crippen LogP contribution in [-0.2, 0) is 9.59 Å². The van der Waals surface area contributed by atoms with Crippen LogP contribution in [0.15, 0.2) is 24.3 Å². The van der Waals surface area contributed by atoms with E-state index < -0.39 is 0 Å². The Morgan fingerprint density at radius 1 is 1.25 bits per heavy atom. The van der Waals surface area contributed by atoms with Gasteiger partial charge in [-0.3, -0.25) is 9.59 Å². The van der Waals surface area contributed by atoms with E-state index in [2.05, 4.69) is 10.6 Å². The molecule has 0 unspecified atom stereocenters. The number of carbonyl (C=O) groups is 2. The molecule has 134 valence electrons. The first-order chi connectivity index (χ1) is 11.2. The smallest absolute Gasteiger partial charge is 0.260 e. The first-order valence-electron chi connectivity index (χ1n) is 8.14. The zero-order valence-electron chi connectivity index (χ0n) is 14.0. The SMILES string of the molecule is CNCCCC(=O)Nc1cccc(OCC(=O)N2CCCC2)c1.Cl. The van der Waals surface area contributed by atoms with Crippen LogP contribution in [0.1, 0.15) is 25.7 Å². The fourth-order valence-corrected chi connectivity index (χ4v) is 2.52. The van der Waals surface area contributed by atoms with Crippen molar-refractivity contribution in [1.29, 1.82) is 0 Å². The van der Waals surface area contributed by atoms with Crippen LogP contribution in [0.4, 0.5) is 5.69 Å². The first-order valence-corrected chi connectivity index (χ1v) is 8.14. The predicted molar refractivity (Wildman–Crippen MR) is 96.8 cm³/mol. The van der Waals surface area contributed by atoms with Crippen molar-refractivity contribution in [1.82, 2.24) is 10.2 Å². The van der Waals surface area contributed by atoms with E-state index in [9.17, 15) is 9.59 Å². The van der Waals surface area contributed by atoms with Crippen molar-refractivity contribution in [2.24, 2.45) is 0 Å². The lowest BCUT2D eigenvalue weighted by molar-refractivity contribution is -0.132. The molecule has 0 aromatic heterocycles. The molecule has 2 amide bonds. The van der Waals surface area contributed by atoms with Gasteiger partial charge in [0, 0.05) is 31.3 Å². The molecule has 0 spiro atoms. The van der Waals surface area contributed by atoms with Gasteiger partial charge in [-0.25, -0.2) is 0 Å². The van der Waals surface area contributed by atoms with Gasteiger partial charge in [0.05, 0.1) is 0 Å². The van der Waals surface area contributed by atoms with Gasteiger partial charge in [-0.15, -0.1) is 12.4 Å². The van der Waals surface area contributed by atoms with Crippen molar-refractivity contribution in [2.75, 3.05) is 38.6 Å². The highest BCUT2D eigenvalue weighted by molar-refractivity contribution is 5.90. The Labute approximate surface area is 149 Å². The molecule has 0 atom stereocenters. The van der Waals surface area contributed by atoms with E-state index in [-0.39, 0.29) is 30.8 Å². The largest absolute Gasteiger partial charge is 0.484 e. The van der Waals surface area contributed by atoms with Gasteiger partial charge in [-0.05, 0) is 45.0 Å². The Hall–Kier alpha value is -1.79. The van der Waals surface area contributed by atoms with Crippen molar-refractivity contribution in [3.8, 4) is 5.75 Å². The lowest BCUT2D eigenvalue weighted by Crippen LogP contribution is -2.32. The molecule has 0 saturated carbocycles. The van der Waals surface area contributed by atoms with E-state index in [1.54, 1.807) is 18.2 Å². The Balaban J connectivity index is 0.00000288. The molecule has 0 bridgehead atoms. The van der Waals surface area contributed by atoms with Crippen LogP contribution < -0.4 is 15.4 Å². The summed E-state index contributed by atoms with van der Waals surface area (Å²) in [4.78, 5) is 25.6. The lowest BCUT2D eigenvalue weighted by atomic mass is 10.2. The Morgan fingerprint density at radius 3 is 2.71 bits per heavy atom. The third-order valence-electron chi connectivity index (χ3n) is 3.77. The van der Waals surface area contributed by atoms with Crippen molar-refractivity contribution in [2.45, 2.75) is 25.7 Å². The highest BCUT2D eigenvalue weighted by Crippen LogP contribution is 2.18. The summed E-state index contributed by atoms with van der Waals surface area (Å²) in [6, 6.07) is 7.14. The minimum atomic E-state index is -0.0226. The zero-order valence-corrected chi connectivity index (χ0v) is 14.9. The summed E-state index contributed by atoms with van der Waals surface area (Å²) in [5.74, 6) is 0.583. The molecule has 1 aliphatic rings. The molecule has 7 heteroatoms. The maximum atomic E-state index is 12.0. The fraction of sp³-hybridized carbons (Fsp3) is 0.529. The molecule has 6 nitrogen and oxygen atoms in total. The lowest BCUT2D eigenvalue weighted by Gasteiger charge is -2.15. The summed E-state index contributed by atoms with van der Waals surface area (Å²) >= 11 is 0. The normalized spacial score (nSPS) is 13.3. The Bertz CT molecular complexity index is 534. The molecule has 1 fully saturated rings. The van der Waals surface area contributed by atoms with Crippen molar-refractivity contribution >= 4 is 29.9 Å². The fourth-order valence-electron chi connectivity index (χ4n) is 2.52. The summed E-state index contributed by atoms with van der Waals surface area (Å²) in [7, 11) is 1.86. The van der Waals surface area contributed by atoms with Gasteiger partial charge in [-0.2, -0.15) is 0 Å². The third kappa shape index (κ3) is 6.76.